The van der Waals surface area contributed by atoms with Gasteiger partial charge in [-0.2, -0.15) is 0 Å². The third-order valence-corrected chi connectivity index (χ3v) is 3.40. The number of nitrogens with zero attached hydrogens (tertiary/aromatic N) is 1. The fraction of sp³-hybridized carbons (Fsp3) is 0.312. The summed E-state index contributed by atoms with van der Waals surface area (Å²) in [7, 11) is 1.64. The Morgan fingerprint density at radius 2 is 2.00 bits per heavy atom. The van der Waals surface area contributed by atoms with E-state index in [4.69, 9.17) is 4.74 Å². The molecule has 1 atom stereocenters. The number of aliphatic hydroxyl groups excluding tert-OH is 1. The molecule has 0 radical (unpaired) electrons. The number of ether oxygens (including phenoxy) is 1. The van der Waals surface area contributed by atoms with Crippen LogP contribution in [0.5, 0.6) is 5.75 Å². The highest BCUT2D eigenvalue weighted by molar-refractivity contribution is 5.46. The van der Waals surface area contributed by atoms with Gasteiger partial charge >= 0.3 is 0 Å². The number of aliphatic hydroxyl groups is 1. The Kier molecular flexibility index (Phi) is 4.17. The van der Waals surface area contributed by atoms with Crippen LogP contribution < -0.4 is 4.74 Å². The minimum atomic E-state index is -0.607. The van der Waals surface area contributed by atoms with Crippen LogP contribution in [-0.2, 0) is 6.42 Å². The first-order valence-corrected chi connectivity index (χ1v) is 6.35. The van der Waals surface area contributed by atoms with Gasteiger partial charge in [-0.05, 0) is 37.1 Å². The van der Waals surface area contributed by atoms with Crippen LogP contribution in [-0.4, -0.2) is 17.2 Å². The molecule has 0 saturated heterocycles. The van der Waals surface area contributed by atoms with Gasteiger partial charge in [-0.25, -0.2) is 0 Å². The molecule has 1 N–H and O–H groups in total. The maximum absolute atomic E-state index is 10.4. The van der Waals surface area contributed by atoms with E-state index in [1.54, 1.807) is 13.3 Å². The number of hydrogen-bond acceptors (Lipinski definition) is 3. The van der Waals surface area contributed by atoms with Crippen LogP contribution in [0, 0.1) is 13.8 Å². The zero-order valence-corrected chi connectivity index (χ0v) is 11.6. The Balaban J connectivity index is 2.29. The highest BCUT2D eigenvalue weighted by atomic mass is 16.5. The first-order chi connectivity index (χ1) is 9.13. The molecule has 0 fully saturated rings. The van der Waals surface area contributed by atoms with Gasteiger partial charge in [0.25, 0.3) is 0 Å². The number of hydrogen-bond donors (Lipinski definition) is 1. The number of aryl methyl sites for hydroxylation is 1. The summed E-state index contributed by atoms with van der Waals surface area (Å²) in [5, 5.41) is 10.4. The van der Waals surface area contributed by atoms with E-state index in [9.17, 15) is 5.11 Å². The lowest BCUT2D eigenvalue weighted by Crippen LogP contribution is -2.06. The minimum absolute atomic E-state index is 0.486. The monoisotopic (exact) mass is 257 g/mol. The van der Waals surface area contributed by atoms with Crippen LogP contribution in [0.2, 0.25) is 0 Å². The third kappa shape index (κ3) is 2.93. The number of methoxy groups -OCH3 is 1. The summed E-state index contributed by atoms with van der Waals surface area (Å²) >= 11 is 0. The van der Waals surface area contributed by atoms with Gasteiger partial charge in [-0.3, -0.25) is 4.98 Å². The van der Waals surface area contributed by atoms with Crippen molar-refractivity contribution in [2.45, 2.75) is 26.4 Å². The molecule has 100 valence electrons. The van der Waals surface area contributed by atoms with Gasteiger partial charge in [0, 0.05) is 23.9 Å². The van der Waals surface area contributed by atoms with Crippen LogP contribution in [0.25, 0.3) is 0 Å². The summed E-state index contributed by atoms with van der Waals surface area (Å²) in [6.07, 6.45) is 1.61. The molecule has 0 spiro atoms. The van der Waals surface area contributed by atoms with Crippen molar-refractivity contribution in [2.75, 3.05) is 7.11 Å². The van der Waals surface area contributed by atoms with E-state index >= 15 is 0 Å². The molecule has 2 aromatic rings. The molecular formula is C16H19NO2. The van der Waals surface area contributed by atoms with Crippen molar-refractivity contribution in [2.24, 2.45) is 0 Å². The molecule has 0 bridgehead atoms. The van der Waals surface area contributed by atoms with Crippen LogP contribution in [0.4, 0.5) is 0 Å². The maximum atomic E-state index is 10.4. The third-order valence-electron chi connectivity index (χ3n) is 3.40. The average Bonchev–Trinajstić information content (AvgIpc) is 2.42. The predicted octanol–water partition coefficient (Wildman–Crippen LogP) is 2.98. The molecule has 1 aromatic carbocycles. The normalized spacial score (nSPS) is 12.2. The van der Waals surface area contributed by atoms with E-state index in [0.717, 1.165) is 28.1 Å². The van der Waals surface area contributed by atoms with Crippen molar-refractivity contribution in [3.05, 3.63) is 58.9 Å². The van der Waals surface area contributed by atoms with Crippen molar-refractivity contribution < 1.29 is 9.84 Å². The number of aromatic nitrogens is 1. The molecule has 19 heavy (non-hydrogen) atoms. The Morgan fingerprint density at radius 3 is 2.63 bits per heavy atom. The molecule has 0 amide bonds. The number of benzene rings is 1. The lowest BCUT2D eigenvalue weighted by atomic mass is 9.98. The Labute approximate surface area is 113 Å². The summed E-state index contributed by atoms with van der Waals surface area (Å²) < 4.78 is 5.44. The fourth-order valence-corrected chi connectivity index (χ4v) is 2.17. The minimum Gasteiger partial charge on any atom is -0.496 e. The first-order valence-electron chi connectivity index (χ1n) is 6.35. The molecule has 1 aromatic heterocycles. The molecule has 0 aliphatic heterocycles. The molecule has 3 nitrogen and oxygen atoms in total. The largest absolute Gasteiger partial charge is 0.496 e. The van der Waals surface area contributed by atoms with Crippen molar-refractivity contribution in [1.29, 1.82) is 0 Å². The summed E-state index contributed by atoms with van der Waals surface area (Å²) in [4.78, 5) is 4.24. The van der Waals surface area contributed by atoms with Gasteiger partial charge in [0.15, 0.2) is 0 Å². The lowest BCUT2D eigenvalue weighted by Gasteiger charge is -2.17. The Hall–Kier alpha value is -1.87. The number of pyridine rings is 1. The Bertz CT molecular complexity index is 552. The predicted molar refractivity (Wildman–Crippen MR) is 75.4 cm³/mol. The second-order valence-corrected chi connectivity index (χ2v) is 4.67. The Morgan fingerprint density at radius 1 is 1.21 bits per heavy atom. The molecule has 1 heterocycles. The van der Waals surface area contributed by atoms with Crippen LogP contribution in [0.15, 0.2) is 36.5 Å². The van der Waals surface area contributed by atoms with Gasteiger partial charge in [0.05, 0.1) is 13.2 Å². The van der Waals surface area contributed by atoms with E-state index < -0.39 is 6.10 Å². The zero-order chi connectivity index (χ0) is 13.8. The van der Waals surface area contributed by atoms with Gasteiger partial charge in [0.1, 0.15) is 5.75 Å². The fourth-order valence-electron chi connectivity index (χ4n) is 2.17. The van der Waals surface area contributed by atoms with Gasteiger partial charge in [0.2, 0.25) is 0 Å². The second-order valence-electron chi connectivity index (χ2n) is 4.67. The molecular weight excluding hydrogens is 238 g/mol. The van der Waals surface area contributed by atoms with Gasteiger partial charge in [-0.15, -0.1) is 0 Å². The maximum Gasteiger partial charge on any atom is 0.127 e. The molecule has 0 aliphatic rings. The lowest BCUT2D eigenvalue weighted by molar-refractivity contribution is 0.172. The van der Waals surface area contributed by atoms with E-state index in [1.165, 1.54) is 0 Å². The summed E-state index contributed by atoms with van der Waals surface area (Å²) in [5.41, 5.74) is 3.91. The SMILES string of the molecule is COc1c(C(O)Cc2ccccn2)ccc(C)c1C. The molecule has 1 unspecified atom stereocenters. The van der Waals surface area contributed by atoms with E-state index in [-0.39, 0.29) is 0 Å². The summed E-state index contributed by atoms with van der Waals surface area (Å²) in [5.74, 6) is 0.767. The second kappa shape index (κ2) is 5.85. The van der Waals surface area contributed by atoms with Gasteiger partial charge < -0.3 is 9.84 Å². The quantitative estimate of drug-likeness (QED) is 0.915. The molecule has 0 aliphatic carbocycles. The zero-order valence-electron chi connectivity index (χ0n) is 11.6. The van der Waals surface area contributed by atoms with E-state index in [1.807, 2.05) is 44.2 Å². The molecule has 3 heteroatoms. The van der Waals surface area contributed by atoms with E-state index in [0.29, 0.717) is 6.42 Å². The molecule has 0 saturated carbocycles. The van der Waals surface area contributed by atoms with E-state index in [2.05, 4.69) is 4.98 Å². The number of rotatable bonds is 4. The van der Waals surface area contributed by atoms with Crippen LogP contribution in [0.1, 0.15) is 28.5 Å². The van der Waals surface area contributed by atoms with Crippen molar-refractivity contribution in [3.8, 4) is 5.75 Å². The van der Waals surface area contributed by atoms with Gasteiger partial charge in [-0.1, -0.05) is 18.2 Å². The summed E-state index contributed by atoms with van der Waals surface area (Å²) in [6.45, 7) is 4.04. The highest BCUT2D eigenvalue weighted by Gasteiger charge is 2.17. The smallest absolute Gasteiger partial charge is 0.127 e. The van der Waals surface area contributed by atoms with Crippen LogP contribution >= 0.6 is 0 Å². The van der Waals surface area contributed by atoms with Crippen molar-refractivity contribution in [1.82, 2.24) is 4.98 Å². The molecule has 2 rings (SSSR count). The van der Waals surface area contributed by atoms with Crippen molar-refractivity contribution >= 4 is 0 Å². The highest BCUT2D eigenvalue weighted by Crippen LogP contribution is 2.32. The van der Waals surface area contributed by atoms with Crippen LogP contribution in [0.3, 0.4) is 0 Å². The standard InChI is InChI=1S/C16H19NO2/c1-11-7-8-14(16(19-3)12(11)2)15(18)10-13-6-4-5-9-17-13/h4-9,15,18H,10H2,1-3H3. The van der Waals surface area contributed by atoms with Crippen molar-refractivity contribution in [3.63, 3.8) is 0 Å². The summed E-state index contributed by atoms with van der Waals surface area (Å²) in [6, 6.07) is 9.64. The topological polar surface area (TPSA) is 42.4 Å². The first kappa shape index (κ1) is 13.6. The average molecular weight is 257 g/mol.